The van der Waals surface area contributed by atoms with Crippen LogP contribution in [0.25, 0.3) is 0 Å². The van der Waals surface area contributed by atoms with Gasteiger partial charge in [-0.05, 0) is 31.2 Å². The molecule has 24 heavy (non-hydrogen) atoms. The average molecular weight is 384 g/mol. The second kappa shape index (κ2) is 8.79. The molecule has 0 saturated heterocycles. The molecule has 0 radical (unpaired) electrons. The van der Waals surface area contributed by atoms with Crippen molar-refractivity contribution in [2.75, 3.05) is 13.1 Å². The summed E-state index contributed by atoms with van der Waals surface area (Å²) >= 11 is 0. The van der Waals surface area contributed by atoms with Crippen molar-refractivity contribution in [1.29, 1.82) is 0 Å². The molecule has 1 aliphatic heterocycles. The molecule has 0 spiro atoms. The van der Waals surface area contributed by atoms with Gasteiger partial charge in [0.2, 0.25) is 5.96 Å². The minimum Gasteiger partial charge on any atom is -0.369 e. The Balaban J connectivity index is 0.00000264. The van der Waals surface area contributed by atoms with Crippen molar-refractivity contribution in [3.8, 4) is 0 Å². The smallest absolute Gasteiger partial charge is 0.369 e. The van der Waals surface area contributed by atoms with Gasteiger partial charge in [-0.25, -0.2) is 4.99 Å². The standard InChI is InChI=1S/C14H16F3N5.2ClH/c1-9-6-7-22(8-9)13(19)21-12(18)20-11-4-2-10(3-5-11)14(15,16)17;;/h2-6H,7-8H2,1H3,(H4,18,19,20,21);2*1H. The maximum absolute atomic E-state index is 12.4. The number of aliphatic imine (C=N–C) groups is 2. The first-order valence-electron chi connectivity index (χ1n) is 6.52. The molecule has 2 rings (SSSR count). The Hall–Kier alpha value is -1.93. The first kappa shape index (κ1) is 22.1. The predicted octanol–water partition coefficient (Wildman–Crippen LogP) is 3.07. The molecule has 1 heterocycles. The lowest BCUT2D eigenvalue weighted by atomic mass is 10.2. The highest BCUT2D eigenvalue weighted by atomic mass is 35.5. The average Bonchev–Trinajstić information content (AvgIpc) is 2.85. The van der Waals surface area contributed by atoms with Crippen molar-refractivity contribution < 1.29 is 13.2 Å². The molecule has 4 N–H and O–H groups in total. The molecule has 0 unspecified atom stereocenters. The SMILES string of the molecule is CC1=CCN(/C(N)=N\C(N)=Nc2ccc(C(F)(F)F)cc2)C1.Cl.Cl. The fraction of sp³-hybridized carbons (Fsp3) is 0.286. The zero-order valence-electron chi connectivity index (χ0n) is 12.7. The third kappa shape index (κ3) is 5.93. The minimum atomic E-state index is -4.38. The first-order chi connectivity index (χ1) is 10.3. The summed E-state index contributed by atoms with van der Waals surface area (Å²) in [6.07, 6.45) is -2.36. The van der Waals surface area contributed by atoms with Gasteiger partial charge in [0.1, 0.15) is 0 Å². The van der Waals surface area contributed by atoms with Crippen molar-refractivity contribution in [3.05, 3.63) is 41.5 Å². The van der Waals surface area contributed by atoms with Gasteiger partial charge in [-0.15, -0.1) is 24.8 Å². The van der Waals surface area contributed by atoms with Crippen LogP contribution in [0.4, 0.5) is 18.9 Å². The second-order valence-corrected chi connectivity index (χ2v) is 4.92. The van der Waals surface area contributed by atoms with E-state index in [1.807, 2.05) is 17.9 Å². The monoisotopic (exact) mass is 383 g/mol. The molecule has 0 atom stereocenters. The van der Waals surface area contributed by atoms with E-state index in [9.17, 15) is 13.2 Å². The van der Waals surface area contributed by atoms with Crippen molar-refractivity contribution in [3.63, 3.8) is 0 Å². The molecule has 0 fully saturated rings. The summed E-state index contributed by atoms with van der Waals surface area (Å²) in [4.78, 5) is 9.69. The number of nitrogens with zero attached hydrogens (tertiary/aromatic N) is 3. The summed E-state index contributed by atoms with van der Waals surface area (Å²) in [5.41, 5.74) is 12.2. The molecule has 134 valence electrons. The lowest BCUT2D eigenvalue weighted by Crippen LogP contribution is -2.37. The van der Waals surface area contributed by atoms with E-state index in [1.54, 1.807) is 0 Å². The molecule has 1 aliphatic rings. The highest BCUT2D eigenvalue weighted by molar-refractivity contribution is 5.94. The van der Waals surface area contributed by atoms with E-state index in [0.29, 0.717) is 13.1 Å². The van der Waals surface area contributed by atoms with E-state index in [0.717, 1.165) is 12.1 Å². The fourth-order valence-electron chi connectivity index (χ4n) is 1.94. The van der Waals surface area contributed by atoms with Crippen LogP contribution in [0.15, 0.2) is 45.9 Å². The van der Waals surface area contributed by atoms with Crippen LogP contribution in [0.5, 0.6) is 0 Å². The number of hydrogen-bond donors (Lipinski definition) is 2. The number of hydrogen-bond acceptors (Lipinski definition) is 1. The molecule has 0 aromatic heterocycles. The molecule has 0 amide bonds. The zero-order chi connectivity index (χ0) is 16.3. The van der Waals surface area contributed by atoms with Crippen LogP contribution in [-0.2, 0) is 6.18 Å². The fourth-order valence-corrected chi connectivity index (χ4v) is 1.94. The summed E-state index contributed by atoms with van der Waals surface area (Å²) < 4.78 is 37.3. The minimum absolute atomic E-state index is 0. The Morgan fingerprint density at radius 3 is 2.17 bits per heavy atom. The second-order valence-electron chi connectivity index (χ2n) is 4.92. The highest BCUT2D eigenvalue weighted by Gasteiger charge is 2.29. The van der Waals surface area contributed by atoms with Gasteiger partial charge >= 0.3 is 6.18 Å². The van der Waals surface area contributed by atoms with Crippen molar-refractivity contribution in [2.24, 2.45) is 21.5 Å². The predicted molar refractivity (Wildman–Crippen MR) is 94.2 cm³/mol. The van der Waals surface area contributed by atoms with Gasteiger partial charge in [-0.2, -0.15) is 18.2 Å². The van der Waals surface area contributed by atoms with Crippen LogP contribution in [0, 0.1) is 0 Å². The van der Waals surface area contributed by atoms with Crippen LogP contribution in [0.1, 0.15) is 12.5 Å². The maximum Gasteiger partial charge on any atom is 0.416 e. The van der Waals surface area contributed by atoms with Crippen LogP contribution >= 0.6 is 24.8 Å². The quantitative estimate of drug-likeness (QED) is 0.444. The first-order valence-corrected chi connectivity index (χ1v) is 6.52. The lowest BCUT2D eigenvalue weighted by Gasteiger charge is -2.16. The highest BCUT2D eigenvalue weighted by Crippen LogP contribution is 2.30. The number of guanidine groups is 2. The zero-order valence-corrected chi connectivity index (χ0v) is 14.4. The van der Waals surface area contributed by atoms with E-state index in [-0.39, 0.29) is 42.4 Å². The number of alkyl halides is 3. The van der Waals surface area contributed by atoms with Crippen molar-refractivity contribution in [2.45, 2.75) is 13.1 Å². The van der Waals surface area contributed by atoms with Gasteiger partial charge in [0, 0.05) is 13.1 Å². The maximum atomic E-state index is 12.4. The molecule has 0 aliphatic carbocycles. The Labute approximate surface area is 150 Å². The number of benzene rings is 1. The van der Waals surface area contributed by atoms with Crippen molar-refractivity contribution >= 4 is 42.4 Å². The number of halogens is 5. The molecular weight excluding hydrogens is 366 g/mol. The van der Waals surface area contributed by atoms with Crippen LogP contribution in [-0.4, -0.2) is 29.9 Å². The van der Waals surface area contributed by atoms with Gasteiger partial charge in [-0.3, -0.25) is 0 Å². The Kier molecular flexibility index (Phi) is 8.08. The van der Waals surface area contributed by atoms with Gasteiger partial charge in [0.15, 0.2) is 5.96 Å². The third-order valence-electron chi connectivity index (χ3n) is 3.09. The van der Waals surface area contributed by atoms with Gasteiger partial charge < -0.3 is 16.4 Å². The molecule has 1 aromatic rings. The summed E-state index contributed by atoms with van der Waals surface area (Å²) in [5.74, 6) is 0.114. The van der Waals surface area contributed by atoms with E-state index < -0.39 is 11.7 Å². The van der Waals surface area contributed by atoms with E-state index in [2.05, 4.69) is 9.98 Å². The number of nitrogens with two attached hydrogens (primary N) is 2. The third-order valence-corrected chi connectivity index (χ3v) is 3.09. The van der Waals surface area contributed by atoms with E-state index >= 15 is 0 Å². The Bertz CT molecular complexity index is 639. The lowest BCUT2D eigenvalue weighted by molar-refractivity contribution is -0.137. The molecular formula is C14H18Cl2F3N5. The summed E-state index contributed by atoms with van der Waals surface area (Å²) in [5, 5.41) is 0. The largest absolute Gasteiger partial charge is 0.416 e. The van der Waals surface area contributed by atoms with E-state index in [1.165, 1.54) is 17.7 Å². The molecule has 1 aromatic carbocycles. The molecule has 5 nitrogen and oxygen atoms in total. The molecule has 0 saturated carbocycles. The molecule has 10 heteroatoms. The van der Waals surface area contributed by atoms with Gasteiger partial charge in [0.25, 0.3) is 0 Å². The van der Waals surface area contributed by atoms with Gasteiger partial charge in [-0.1, -0.05) is 11.6 Å². The topological polar surface area (TPSA) is 80.0 Å². The Morgan fingerprint density at radius 1 is 1.12 bits per heavy atom. The molecule has 0 bridgehead atoms. The van der Waals surface area contributed by atoms with Crippen molar-refractivity contribution in [1.82, 2.24) is 4.90 Å². The van der Waals surface area contributed by atoms with Gasteiger partial charge in [0.05, 0.1) is 11.3 Å². The van der Waals surface area contributed by atoms with Crippen LogP contribution in [0.2, 0.25) is 0 Å². The summed E-state index contributed by atoms with van der Waals surface area (Å²) in [6.45, 7) is 3.30. The van der Waals surface area contributed by atoms with Crippen LogP contribution in [0.3, 0.4) is 0 Å². The summed E-state index contributed by atoms with van der Waals surface area (Å²) in [7, 11) is 0. The summed E-state index contributed by atoms with van der Waals surface area (Å²) in [6, 6.07) is 4.33. The number of rotatable bonds is 1. The van der Waals surface area contributed by atoms with E-state index in [4.69, 9.17) is 11.5 Å². The normalized spacial score (nSPS) is 15.5. The van der Waals surface area contributed by atoms with Crippen LogP contribution < -0.4 is 11.5 Å². The Morgan fingerprint density at radius 2 is 1.71 bits per heavy atom.